The van der Waals surface area contributed by atoms with Crippen molar-refractivity contribution in [2.75, 3.05) is 12.4 Å². The van der Waals surface area contributed by atoms with Gasteiger partial charge in [0.25, 0.3) is 5.95 Å². The number of aromatic nitrogens is 4. The van der Waals surface area contributed by atoms with E-state index in [-0.39, 0.29) is 11.8 Å². The van der Waals surface area contributed by atoms with Gasteiger partial charge in [0.05, 0.1) is 12.8 Å². The lowest BCUT2D eigenvalue weighted by Crippen LogP contribution is -2.25. The molecular formula is C20H20BrN5O2. The molecule has 0 radical (unpaired) electrons. The Morgan fingerprint density at radius 2 is 1.89 bits per heavy atom. The number of amides is 1. The third-order valence-electron chi connectivity index (χ3n) is 4.83. The molecule has 7 nitrogen and oxygen atoms in total. The summed E-state index contributed by atoms with van der Waals surface area (Å²) in [6.45, 7) is 5.76. The summed E-state index contributed by atoms with van der Waals surface area (Å²) in [6, 6.07) is 7.72. The molecular weight excluding hydrogens is 422 g/mol. The van der Waals surface area contributed by atoms with E-state index in [1.165, 1.54) is 0 Å². The van der Waals surface area contributed by atoms with Gasteiger partial charge in [-0.15, -0.1) is 0 Å². The van der Waals surface area contributed by atoms with Crippen LogP contribution in [0.5, 0.6) is 5.75 Å². The molecule has 1 aromatic carbocycles. The molecule has 0 aliphatic carbocycles. The van der Waals surface area contributed by atoms with Gasteiger partial charge in [0.2, 0.25) is 5.91 Å². The Labute approximate surface area is 171 Å². The van der Waals surface area contributed by atoms with Crippen LogP contribution in [0.1, 0.15) is 40.5 Å². The van der Waals surface area contributed by atoms with E-state index in [0.717, 1.165) is 38.4 Å². The summed E-state index contributed by atoms with van der Waals surface area (Å²) in [4.78, 5) is 21.6. The smallest absolute Gasteiger partial charge is 0.252 e. The van der Waals surface area contributed by atoms with Crippen LogP contribution in [0.2, 0.25) is 0 Å². The predicted molar refractivity (Wildman–Crippen MR) is 109 cm³/mol. The summed E-state index contributed by atoms with van der Waals surface area (Å²) in [5, 5.41) is 7.62. The minimum absolute atomic E-state index is 0.0787. The normalized spacial score (nSPS) is 15.9. The van der Waals surface area contributed by atoms with Crippen molar-refractivity contribution in [3.8, 4) is 11.7 Å². The molecule has 1 aliphatic rings. The maximum absolute atomic E-state index is 12.6. The molecule has 0 fully saturated rings. The van der Waals surface area contributed by atoms with E-state index >= 15 is 0 Å². The van der Waals surface area contributed by atoms with Crippen LogP contribution in [-0.2, 0) is 4.79 Å². The molecule has 1 N–H and O–H groups in total. The zero-order chi connectivity index (χ0) is 20.0. The van der Waals surface area contributed by atoms with Crippen LogP contribution in [0.25, 0.3) is 5.95 Å². The van der Waals surface area contributed by atoms with Crippen molar-refractivity contribution in [1.29, 1.82) is 0 Å². The van der Waals surface area contributed by atoms with Gasteiger partial charge in [-0.3, -0.25) is 4.79 Å². The number of anilines is 1. The number of hydrogen-bond donors (Lipinski definition) is 1. The van der Waals surface area contributed by atoms with Gasteiger partial charge in [-0.05, 0) is 45.0 Å². The molecule has 0 bridgehead atoms. The number of hydrogen-bond acceptors (Lipinski definition) is 5. The second-order valence-electron chi connectivity index (χ2n) is 6.90. The summed E-state index contributed by atoms with van der Waals surface area (Å²) < 4.78 is 8.12. The predicted octanol–water partition coefficient (Wildman–Crippen LogP) is 3.83. The fraction of sp³-hybridized carbons (Fsp3) is 0.300. The first kappa shape index (κ1) is 18.6. The molecule has 28 heavy (non-hydrogen) atoms. The Bertz CT molecular complexity index is 1070. The number of nitrogens with one attached hydrogen (secondary N) is 1. The maximum atomic E-state index is 12.6. The number of benzene rings is 1. The molecule has 144 valence electrons. The van der Waals surface area contributed by atoms with Crippen LogP contribution in [0.3, 0.4) is 0 Å². The lowest BCUT2D eigenvalue weighted by molar-refractivity contribution is -0.116. The van der Waals surface area contributed by atoms with E-state index in [9.17, 15) is 4.79 Å². The van der Waals surface area contributed by atoms with Crippen LogP contribution in [0.4, 0.5) is 5.82 Å². The number of methoxy groups -OCH3 is 1. The van der Waals surface area contributed by atoms with Crippen LogP contribution in [-0.4, -0.2) is 32.8 Å². The lowest BCUT2D eigenvalue weighted by atomic mass is 9.85. The van der Waals surface area contributed by atoms with Gasteiger partial charge in [-0.2, -0.15) is 9.78 Å². The van der Waals surface area contributed by atoms with Gasteiger partial charge in [0.1, 0.15) is 11.6 Å². The number of rotatable bonds is 3. The molecule has 8 heteroatoms. The van der Waals surface area contributed by atoms with Gasteiger partial charge >= 0.3 is 0 Å². The van der Waals surface area contributed by atoms with Crippen molar-refractivity contribution in [2.24, 2.45) is 0 Å². The minimum atomic E-state index is -0.171. The molecule has 4 rings (SSSR count). The van der Waals surface area contributed by atoms with Gasteiger partial charge in [-0.25, -0.2) is 9.97 Å². The first-order valence-corrected chi connectivity index (χ1v) is 9.72. The largest absolute Gasteiger partial charge is 0.496 e. The van der Waals surface area contributed by atoms with E-state index in [1.807, 2.05) is 45.0 Å². The third kappa shape index (κ3) is 3.17. The topological polar surface area (TPSA) is 81.9 Å². The van der Waals surface area contributed by atoms with E-state index in [0.29, 0.717) is 18.2 Å². The summed E-state index contributed by atoms with van der Waals surface area (Å²) in [6.07, 6.45) is 0.319. The van der Waals surface area contributed by atoms with Crippen molar-refractivity contribution in [3.63, 3.8) is 0 Å². The molecule has 3 aromatic rings. The van der Waals surface area contributed by atoms with E-state index in [1.54, 1.807) is 11.8 Å². The molecule has 0 spiro atoms. The first-order valence-electron chi connectivity index (χ1n) is 8.93. The fourth-order valence-corrected chi connectivity index (χ4v) is 4.12. The highest BCUT2D eigenvalue weighted by Crippen LogP contribution is 2.43. The summed E-state index contributed by atoms with van der Waals surface area (Å²) in [5.74, 6) is 1.55. The van der Waals surface area contributed by atoms with Crippen molar-refractivity contribution in [2.45, 2.75) is 33.1 Å². The molecule has 1 aliphatic heterocycles. The third-order valence-corrected chi connectivity index (χ3v) is 5.32. The molecule has 3 heterocycles. The maximum Gasteiger partial charge on any atom is 0.252 e. The summed E-state index contributed by atoms with van der Waals surface area (Å²) in [7, 11) is 1.64. The standard InChI is InChI=1S/C20H20BrN5O2/c1-10-7-11(2)23-20(22-10)26-19-18(12(3)25-26)15(9-17(27)24-19)14-8-13(21)5-6-16(14)28-4/h5-8,15H,9H2,1-4H3,(H,24,27)/t15-/m0/s1. The lowest BCUT2D eigenvalue weighted by Gasteiger charge is -2.25. The van der Waals surface area contributed by atoms with Crippen molar-refractivity contribution in [3.05, 3.63) is 56.9 Å². The summed E-state index contributed by atoms with van der Waals surface area (Å²) >= 11 is 3.53. The van der Waals surface area contributed by atoms with Crippen molar-refractivity contribution < 1.29 is 9.53 Å². The number of halogens is 1. The SMILES string of the molecule is COc1ccc(Br)cc1[C@@H]1CC(=O)Nc2c1c(C)nn2-c1nc(C)cc(C)n1. The van der Waals surface area contributed by atoms with Crippen LogP contribution in [0.15, 0.2) is 28.7 Å². The highest BCUT2D eigenvalue weighted by Gasteiger charge is 2.34. The Kier molecular flexibility index (Phi) is 4.66. The first-order chi connectivity index (χ1) is 13.4. The monoisotopic (exact) mass is 441 g/mol. The second-order valence-corrected chi connectivity index (χ2v) is 7.82. The average Bonchev–Trinajstić information content (AvgIpc) is 2.96. The van der Waals surface area contributed by atoms with E-state index in [2.05, 4.69) is 36.3 Å². The number of ether oxygens (including phenoxy) is 1. The number of aryl methyl sites for hydroxylation is 3. The quantitative estimate of drug-likeness (QED) is 0.667. The number of nitrogens with zero attached hydrogens (tertiary/aromatic N) is 4. The van der Waals surface area contributed by atoms with Crippen molar-refractivity contribution >= 4 is 27.7 Å². The van der Waals surface area contributed by atoms with E-state index in [4.69, 9.17) is 4.74 Å². The molecule has 0 unspecified atom stereocenters. The van der Waals surface area contributed by atoms with Gasteiger partial charge < -0.3 is 10.1 Å². The number of carbonyl (C=O) groups is 1. The zero-order valence-electron chi connectivity index (χ0n) is 16.1. The Morgan fingerprint density at radius 3 is 2.57 bits per heavy atom. The summed E-state index contributed by atoms with van der Waals surface area (Å²) in [5.41, 5.74) is 4.41. The molecule has 1 amide bonds. The highest BCUT2D eigenvalue weighted by atomic mass is 79.9. The highest BCUT2D eigenvalue weighted by molar-refractivity contribution is 9.10. The minimum Gasteiger partial charge on any atom is -0.496 e. The zero-order valence-corrected chi connectivity index (χ0v) is 17.7. The van der Waals surface area contributed by atoms with Gasteiger partial charge in [-0.1, -0.05) is 15.9 Å². The Balaban J connectivity index is 1.92. The fourth-order valence-electron chi connectivity index (χ4n) is 3.74. The van der Waals surface area contributed by atoms with Gasteiger partial charge in [0, 0.05) is 39.3 Å². The van der Waals surface area contributed by atoms with Crippen LogP contribution < -0.4 is 10.1 Å². The van der Waals surface area contributed by atoms with Crippen LogP contribution >= 0.6 is 15.9 Å². The molecule has 2 aromatic heterocycles. The Hall–Kier alpha value is -2.74. The van der Waals surface area contributed by atoms with E-state index < -0.39 is 0 Å². The second kappa shape index (κ2) is 7.01. The number of carbonyl (C=O) groups excluding carboxylic acids is 1. The molecule has 1 atom stereocenters. The van der Waals surface area contributed by atoms with Crippen LogP contribution in [0, 0.1) is 20.8 Å². The number of fused-ring (bicyclic) bond motifs is 1. The Morgan fingerprint density at radius 1 is 1.18 bits per heavy atom. The average molecular weight is 442 g/mol. The molecule has 0 saturated heterocycles. The molecule has 0 saturated carbocycles. The van der Waals surface area contributed by atoms with Gasteiger partial charge in [0.15, 0.2) is 0 Å². The van der Waals surface area contributed by atoms with Crippen molar-refractivity contribution in [1.82, 2.24) is 19.7 Å².